The number of ketones is 1. The summed E-state index contributed by atoms with van der Waals surface area (Å²) in [5.41, 5.74) is 1.71. The summed E-state index contributed by atoms with van der Waals surface area (Å²) in [6.45, 7) is 0.653. The fourth-order valence-corrected chi connectivity index (χ4v) is 2.34. The van der Waals surface area contributed by atoms with Crippen molar-refractivity contribution < 1.29 is 9.90 Å². The molecule has 0 atom stereocenters. The number of benzene rings is 2. The molecular formula is C17H17ClN2O2S. The molecule has 0 aliphatic heterocycles. The first-order valence-corrected chi connectivity index (χ1v) is 7.95. The number of aliphatic hydroxyl groups excluding tert-OH is 1. The van der Waals surface area contributed by atoms with Gasteiger partial charge in [0.1, 0.15) is 0 Å². The van der Waals surface area contributed by atoms with Crippen molar-refractivity contribution in [1.82, 2.24) is 5.32 Å². The fourth-order valence-electron chi connectivity index (χ4n) is 1.97. The lowest BCUT2D eigenvalue weighted by molar-refractivity contribution is 0.103. The first kappa shape index (κ1) is 17.4. The minimum absolute atomic E-state index is 0.0792. The lowest BCUT2D eigenvalue weighted by Crippen LogP contribution is -2.29. The maximum absolute atomic E-state index is 12.5. The lowest BCUT2D eigenvalue weighted by Gasteiger charge is -2.12. The van der Waals surface area contributed by atoms with Crippen LogP contribution < -0.4 is 10.6 Å². The highest BCUT2D eigenvalue weighted by Crippen LogP contribution is 2.24. The van der Waals surface area contributed by atoms with Crippen LogP contribution >= 0.6 is 23.8 Å². The summed E-state index contributed by atoms with van der Waals surface area (Å²) in [5.74, 6) is -0.0792. The van der Waals surface area contributed by atoms with Gasteiger partial charge in [0.2, 0.25) is 0 Å². The number of halogens is 1. The van der Waals surface area contributed by atoms with Crippen molar-refractivity contribution in [2.75, 3.05) is 18.5 Å². The summed E-state index contributed by atoms with van der Waals surface area (Å²) in [4.78, 5) is 12.5. The van der Waals surface area contributed by atoms with Crippen molar-refractivity contribution in [2.45, 2.75) is 6.42 Å². The molecule has 2 aromatic carbocycles. The van der Waals surface area contributed by atoms with Gasteiger partial charge in [0.25, 0.3) is 0 Å². The number of rotatable bonds is 6. The van der Waals surface area contributed by atoms with Gasteiger partial charge in [0.05, 0.1) is 10.7 Å². The molecule has 0 heterocycles. The normalized spacial score (nSPS) is 10.2. The van der Waals surface area contributed by atoms with Crippen LogP contribution in [0.15, 0.2) is 48.5 Å². The predicted octanol–water partition coefficient (Wildman–Crippen LogP) is 3.24. The van der Waals surface area contributed by atoms with E-state index in [1.807, 2.05) is 18.2 Å². The quantitative estimate of drug-likeness (QED) is 0.425. The predicted molar refractivity (Wildman–Crippen MR) is 97.3 cm³/mol. The largest absolute Gasteiger partial charge is 0.396 e. The smallest absolute Gasteiger partial charge is 0.193 e. The van der Waals surface area contributed by atoms with E-state index in [2.05, 4.69) is 10.6 Å². The summed E-state index contributed by atoms with van der Waals surface area (Å²) >= 11 is 11.3. The Kier molecular flexibility index (Phi) is 6.52. The molecule has 0 radical (unpaired) electrons. The third kappa shape index (κ3) is 5.03. The molecule has 0 aromatic heterocycles. The van der Waals surface area contributed by atoms with E-state index in [4.69, 9.17) is 28.9 Å². The first-order valence-electron chi connectivity index (χ1n) is 7.17. The van der Waals surface area contributed by atoms with E-state index < -0.39 is 0 Å². The second-order valence-electron chi connectivity index (χ2n) is 4.85. The van der Waals surface area contributed by atoms with Gasteiger partial charge in [-0.2, -0.15) is 0 Å². The number of nitrogens with one attached hydrogen (secondary N) is 2. The van der Waals surface area contributed by atoms with Crippen LogP contribution in [-0.4, -0.2) is 29.2 Å². The molecular weight excluding hydrogens is 332 g/mol. The molecule has 2 aromatic rings. The molecule has 2 rings (SSSR count). The highest BCUT2D eigenvalue weighted by molar-refractivity contribution is 7.80. The first-order chi connectivity index (χ1) is 11.1. The van der Waals surface area contributed by atoms with Crippen molar-refractivity contribution in [3.05, 3.63) is 64.7 Å². The van der Waals surface area contributed by atoms with Gasteiger partial charge in [-0.25, -0.2) is 0 Å². The molecule has 120 valence electrons. The number of anilines is 1. The molecule has 0 spiro atoms. The van der Waals surface area contributed by atoms with E-state index in [0.29, 0.717) is 39.9 Å². The Morgan fingerprint density at radius 1 is 1.13 bits per heavy atom. The summed E-state index contributed by atoms with van der Waals surface area (Å²) in [6, 6.07) is 14.1. The number of carbonyl (C=O) groups excluding carboxylic acids is 1. The van der Waals surface area contributed by atoms with Crippen LogP contribution in [-0.2, 0) is 0 Å². The monoisotopic (exact) mass is 348 g/mol. The average molecular weight is 349 g/mol. The second kappa shape index (κ2) is 8.62. The molecule has 0 unspecified atom stereocenters. The molecule has 0 amide bonds. The van der Waals surface area contributed by atoms with E-state index in [-0.39, 0.29) is 12.4 Å². The third-order valence-electron chi connectivity index (χ3n) is 3.13. The molecule has 23 heavy (non-hydrogen) atoms. The molecule has 0 aliphatic carbocycles. The summed E-state index contributed by atoms with van der Waals surface area (Å²) in [5, 5.41) is 15.5. The van der Waals surface area contributed by atoms with Gasteiger partial charge >= 0.3 is 0 Å². The Hall–Kier alpha value is -1.95. The Morgan fingerprint density at radius 3 is 2.57 bits per heavy atom. The molecule has 0 bridgehead atoms. The number of thiocarbonyl (C=S) groups is 1. The second-order valence-corrected chi connectivity index (χ2v) is 5.66. The summed E-state index contributed by atoms with van der Waals surface area (Å²) in [6.07, 6.45) is 0.599. The molecule has 0 aliphatic rings. The van der Waals surface area contributed by atoms with E-state index in [1.165, 1.54) is 0 Å². The van der Waals surface area contributed by atoms with Crippen molar-refractivity contribution in [2.24, 2.45) is 0 Å². The van der Waals surface area contributed by atoms with Gasteiger partial charge in [-0.15, -0.1) is 0 Å². The average Bonchev–Trinajstić information content (AvgIpc) is 2.57. The van der Waals surface area contributed by atoms with Crippen LogP contribution in [0.4, 0.5) is 5.69 Å². The number of hydrogen-bond acceptors (Lipinski definition) is 3. The van der Waals surface area contributed by atoms with Gasteiger partial charge in [0, 0.05) is 24.3 Å². The van der Waals surface area contributed by atoms with Crippen LogP contribution in [0.2, 0.25) is 5.02 Å². The number of hydrogen-bond donors (Lipinski definition) is 3. The Morgan fingerprint density at radius 2 is 1.87 bits per heavy atom. The fraction of sp³-hybridized carbons (Fsp3) is 0.176. The molecule has 6 heteroatoms. The molecule has 0 saturated carbocycles. The van der Waals surface area contributed by atoms with E-state index >= 15 is 0 Å². The zero-order valence-corrected chi connectivity index (χ0v) is 14.0. The van der Waals surface area contributed by atoms with Crippen molar-refractivity contribution in [3.63, 3.8) is 0 Å². The van der Waals surface area contributed by atoms with Crippen molar-refractivity contribution in [3.8, 4) is 0 Å². The Balaban J connectivity index is 2.13. The van der Waals surface area contributed by atoms with E-state index in [0.717, 1.165) is 0 Å². The number of carbonyl (C=O) groups is 1. The van der Waals surface area contributed by atoms with Gasteiger partial charge in [0.15, 0.2) is 10.9 Å². The van der Waals surface area contributed by atoms with Crippen LogP contribution in [0, 0.1) is 0 Å². The minimum atomic E-state index is -0.0792. The van der Waals surface area contributed by atoms with Gasteiger partial charge in [-0.3, -0.25) is 4.79 Å². The van der Waals surface area contributed by atoms with E-state index in [9.17, 15) is 4.79 Å². The van der Waals surface area contributed by atoms with E-state index in [1.54, 1.807) is 30.3 Å². The molecule has 3 N–H and O–H groups in total. The van der Waals surface area contributed by atoms with Gasteiger partial charge in [-0.05, 0) is 36.8 Å². The van der Waals surface area contributed by atoms with Crippen molar-refractivity contribution >= 4 is 40.4 Å². The number of aliphatic hydroxyl groups is 1. The maximum Gasteiger partial charge on any atom is 0.193 e. The van der Waals surface area contributed by atoms with Crippen LogP contribution in [0.25, 0.3) is 0 Å². The summed E-state index contributed by atoms with van der Waals surface area (Å²) in [7, 11) is 0. The minimum Gasteiger partial charge on any atom is -0.396 e. The molecule has 4 nitrogen and oxygen atoms in total. The Bertz CT molecular complexity index is 692. The zero-order chi connectivity index (χ0) is 16.7. The van der Waals surface area contributed by atoms with Crippen LogP contribution in [0.3, 0.4) is 0 Å². The van der Waals surface area contributed by atoms with Crippen LogP contribution in [0.1, 0.15) is 22.3 Å². The Labute approximate surface area is 145 Å². The lowest BCUT2D eigenvalue weighted by atomic mass is 10.0. The van der Waals surface area contributed by atoms with Gasteiger partial charge < -0.3 is 15.7 Å². The maximum atomic E-state index is 12.5. The highest BCUT2D eigenvalue weighted by atomic mass is 35.5. The SMILES string of the molecule is O=C(c1ccccc1)c1ccc(Cl)c(NC(=S)NCCCO)c1. The van der Waals surface area contributed by atoms with Crippen LogP contribution in [0.5, 0.6) is 0 Å². The topological polar surface area (TPSA) is 61.4 Å². The van der Waals surface area contributed by atoms with Gasteiger partial charge in [-0.1, -0.05) is 41.9 Å². The van der Waals surface area contributed by atoms with Crippen molar-refractivity contribution in [1.29, 1.82) is 0 Å². The molecule has 0 saturated heterocycles. The standard InChI is InChI=1S/C17H17ClN2O2S/c18-14-8-7-13(16(22)12-5-2-1-3-6-12)11-15(14)20-17(23)19-9-4-10-21/h1-3,5-8,11,21H,4,9-10H2,(H2,19,20,23). The summed E-state index contributed by atoms with van der Waals surface area (Å²) < 4.78 is 0. The molecule has 0 fully saturated rings. The third-order valence-corrected chi connectivity index (χ3v) is 3.71. The highest BCUT2D eigenvalue weighted by Gasteiger charge is 2.11. The zero-order valence-electron chi connectivity index (χ0n) is 12.4.